The van der Waals surface area contributed by atoms with Crippen molar-refractivity contribution in [3.05, 3.63) is 70.7 Å². The molecule has 1 N–H and O–H groups in total. The number of hydrogen-bond acceptors (Lipinski definition) is 3. The third-order valence-corrected chi connectivity index (χ3v) is 5.16. The number of hydrogen-bond donors (Lipinski definition) is 1. The van der Waals surface area contributed by atoms with Gasteiger partial charge in [-0.3, -0.25) is 4.79 Å². The molecular formula is C18H21ClN2O3S. The van der Waals surface area contributed by atoms with Crippen LogP contribution in [0.5, 0.6) is 0 Å². The standard InChI is InChI=1S/C18H21ClN2O3S/c1-25(23,24)21(14-16-7-9-17(19)10-8-16)12-11-18(22)20-13-15-5-3-2-4-6-15/h2-10H,11-14H2,1H3,(H,20,22). The highest BCUT2D eigenvalue weighted by atomic mass is 35.5. The van der Waals surface area contributed by atoms with E-state index in [1.54, 1.807) is 24.3 Å². The van der Waals surface area contributed by atoms with E-state index in [1.807, 2.05) is 30.3 Å². The van der Waals surface area contributed by atoms with E-state index in [1.165, 1.54) is 4.31 Å². The minimum atomic E-state index is -3.42. The maximum Gasteiger partial charge on any atom is 0.221 e. The van der Waals surface area contributed by atoms with Gasteiger partial charge in [0.05, 0.1) is 6.26 Å². The third-order valence-electron chi connectivity index (χ3n) is 3.66. The molecule has 0 bridgehead atoms. The number of nitrogens with one attached hydrogen (secondary N) is 1. The summed E-state index contributed by atoms with van der Waals surface area (Å²) in [7, 11) is -3.42. The normalized spacial score (nSPS) is 11.5. The van der Waals surface area contributed by atoms with Crippen LogP contribution in [0.2, 0.25) is 5.02 Å². The Morgan fingerprint density at radius 3 is 2.28 bits per heavy atom. The maximum atomic E-state index is 12.0. The zero-order valence-electron chi connectivity index (χ0n) is 14.0. The Morgan fingerprint density at radius 1 is 1.04 bits per heavy atom. The zero-order valence-corrected chi connectivity index (χ0v) is 15.6. The van der Waals surface area contributed by atoms with Gasteiger partial charge in [0.1, 0.15) is 0 Å². The first kappa shape index (κ1) is 19.4. The number of carbonyl (C=O) groups is 1. The second-order valence-electron chi connectivity index (χ2n) is 5.74. The first-order chi connectivity index (χ1) is 11.8. The van der Waals surface area contributed by atoms with Crippen LogP contribution in [-0.4, -0.2) is 31.4 Å². The van der Waals surface area contributed by atoms with Gasteiger partial charge in [0.2, 0.25) is 15.9 Å². The molecule has 1 amide bonds. The molecule has 0 saturated carbocycles. The first-order valence-corrected chi connectivity index (χ1v) is 10.1. The van der Waals surface area contributed by atoms with Crippen LogP contribution in [0.1, 0.15) is 17.5 Å². The molecule has 5 nitrogen and oxygen atoms in total. The average Bonchev–Trinajstić information content (AvgIpc) is 2.58. The fourth-order valence-electron chi connectivity index (χ4n) is 2.27. The van der Waals surface area contributed by atoms with Gasteiger partial charge in [0.25, 0.3) is 0 Å². The molecule has 0 fully saturated rings. The Kier molecular flexibility index (Phi) is 6.99. The molecule has 7 heteroatoms. The van der Waals surface area contributed by atoms with Crippen molar-refractivity contribution in [1.82, 2.24) is 9.62 Å². The summed E-state index contributed by atoms with van der Waals surface area (Å²) in [5.41, 5.74) is 1.82. The highest BCUT2D eigenvalue weighted by molar-refractivity contribution is 7.88. The molecule has 25 heavy (non-hydrogen) atoms. The van der Waals surface area contributed by atoms with Crippen molar-refractivity contribution in [3.8, 4) is 0 Å². The van der Waals surface area contributed by atoms with Crippen LogP contribution >= 0.6 is 11.6 Å². The van der Waals surface area contributed by atoms with Crippen LogP contribution in [0.15, 0.2) is 54.6 Å². The van der Waals surface area contributed by atoms with E-state index in [2.05, 4.69) is 5.32 Å². The van der Waals surface area contributed by atoms with E-state index in [0.717, 1.165) is 17.4 Å². The molecule has 0 aromatic heterocycles. The summed E-state index contributed by atoms with van der Waals surface area (Å²) >= 11 is 5.84. The molecule has 2 rings (SSSR count). The Morgan fingerprint density at radius 2 is 1.68 bits per heavy atom. The molecule has 2 aromatic carbocycles. The molecular weight excluding hydrogens is 360 g/mol. The molecule has 2 aromatic rings. The van der Waals surface area contributed by atoms with Crippen molar-refractivity contribution in [2.45, 2.75) is 19.5 Å². The summed E-state index contributed by atoms with van der Waals surface area (Å²) in [6.07, 6.45) is 1.25. The van der Waals surface area contributed by atoms with E-state index < -0.39 is 10.0 Å². The first-order valence-electron chi connectivity index (χ1n) is 7.85. The molecule has 0 unspecified atom stereocenters. The highest BCUT2D eigenvalue weighted by Crippen LogP contribution is 2.13. The van der Waals surface area contributed by atoms with Crippen molar-refractivity contribution in [2.75, 3.05) is 12.8 Å². The number of rotatable bonds is 8. The predicted octanol–water partition coefficient (Wildman–Crippen LogP) is 2.81. The summed E-state index contributed by atoms with van der Waals surface area (Å²) in [6, 6.07) is 16.5. The van der Waals surface area contributed by atoms with Crippen LogP contribution in [0.4, 0.5) is 0 Å². The highest BCUT2D eigenvalue weighted by Gasteiger charge is 2.18. The van der Waals surface area contributed by atoms with Crippen molar-refractivity contribution in [1.29, 1.82) is 0 Å². The van der Waals surface area contributed by atoms with Gasteiger partial charge in [-0.25, -0.2) is 8.42 Å². The molecule has 0 aliphatic rings. The smallest absolute Gasteiger partial charge is 0.221 e. The van der Waals surface area contributed by atoms with Gasteiger partial charge < -0.3 is 5.32 Å². The lowest BCUT2D eigenvalue weighted by Crippen LogP contribution is -2.34. The Labute approximate surface area is 153 Å². The largest absolute Gasteiger partial charge is 0.352 e. The lowest BCUT2D eigenvalue weighted by atomic mass is 10.2. The molecule has 0 spiro atoms. The Hall–Kier alpha value is -1.89. The second kappa shape index (κ2) is 8.99. The average molecular weight is 381 g/mol. The van der Waals surface area contributed by atoms with Gasteiger partial charge in [0, 0.05) is 31.1 Å². The summed E-state index contributed by atoms with van der Waals surface area (Å²) in [5, 5.41) is 3.39. The van der Waals surface area contributed by atoms with Crippen LogP contribution in [0, 0.1) is 0 Å². The Bertz CT molecular complexity index is 793. The van der Waals surface area contributed by atoms with E-state index in [9.17, 15) is 13.2 Å². The number of halogens is 1. The van der Waals surface area contributed by atoms with E-state index in [-0.39, 0.29) is 25.4 Å². The minimum absolute atomic E-state index is 0.105. The minimum Gasteiger partial charge on any atom is -0.352 e. The number of amides is 1. The van der Waals surface area contributed by atoms with Crippen LogP contribution in [-0.2, 0) is 27.9 Å². The van der Waals surface area contributed by atoms with Gasteiger partial charge in [-0.05, 0) is 23.3 Å². The molecule has 0 radical (unpaired) electrons. The van der Waals surface area contributed by atoms with E-state index in [4.69, 9.17) is 11.6 Å². The van der Waals surface area contributed by atoms with Crippen molar-refractivity contribution < 1.29 is 13.2 Å². The maximum absolute atomic E-state index is 12.0. The lowest BCUT2D eigenvalue weighted by molar-refractivity contribution is -0.121. The molecule has 0 atom stereocenters. The third kappa shape index (κ3) is 6.86. The van der Waals surface area contributed by atoms with Crippen molar-refractivity contribution in [3.63, 3.8) is 0 Å². The van der Waals surface area contributed by atoms with E-state index in [0.29, 0.717) is 11.6 Å². The van der Waals surface area contributed by atoms with Crippen molar-refractivity contribution >= 4 is 27.5 Å². The number of sulfonamides is 1. The summed E-state index contributed by atoms with van der Waals surface area (Å²) in [4.78, 5) is 12.0. The van der Waals surface area contributed by atoms with Gasteiger partial charge in [-0.2, -0.15) is 4.31 Å². The summed E-state index contributed by atoms with van der Waals surface area (Å²) < 4.78 is 25.2. The topological polar surface area (TPSA) is 66.5 Å². The van der Waals surface area contributed by atoms with Gasteiger partial charge in [-0.15, -0.1) is 0 Å². The lowest BCUT2D eigenvalue weighted by Gasteiger charge is -2.20. The molecule has 134 valence electrons. The van der Waals surface area contributed by atoms with Crippen LogP contribution in [0.3, 0.4) is 0 Å². The van der Waals surface area contributed by atoms with Crippen LogP contribution in [0.25, 0.3) is 0 Å². The van der Waals surface area contributed by atoms with Gasteiger partial charge in [-0.1, -0.05) is 54.1 Å². The molecule has 0 aliphatic carbocycles. The number of nitrogens with zero attached hydrogens (tertiary/aromatic N) is 1. The molecule has 0 saturated heterocycles. The predicted molar refractivity (Wildman–Crippen MR) is 99.6 cm³/mol. The van der Waals surface area contributed by atoms with Crippen LogP contribution < -0.4 is 5.32 Å². The number of carbonyl (C=O) groups excluding carboxylic acids is 1. The fraction of sp³-hybridized carbons (Fsp3) is 0.278. The summed E-state index contributed by atoms with van der Waals surface area (Å²) in [5.74, 6) is -0.186. The fourth-order valence-corrected chi connectivity index (χ4v) is 3.20. The SMILES string of the molecule is CS(=O)(=O)N(CCC(=O)NCc1ccccc1)Cc1ccc(Cl)cc1. The molecule has 0 aliphatic heterocycles. The van der Waals surface area contributed by atoms with Gasteiger partial charge >= 0.3 is 0 Å². The van der Waals surface area contributed by atoms with E-state index >= 15 is 0 Å². The Balaban J connectivity index is 1.89. The molecule has 0 heterocycles. The summed E-state index contributed by atoms with van der Waals surface area (Å²) in [6.45, 7) is 0.764. The zero-order chi connectivity index (χ0) is 18.3. The number of benzene rings is 2. The van der Waals surface area contributed by atoms with Gasteiger partial charge in [0.15, 0.2) is 0 Å². The van der Waals surface area contributed by atoms with Crippen molar-refractivity contribution in [2.24, 2.45) is 0 Å². The quantitative estimate of drug-likeness (QED) is 0.765. The second-order valence-corrected chi connectivity index (χ2v) is 8.15. The monoisotopic (exact) mass is 380 g/mol.